The topological polar surface area (TPSA) is 32.8 Å². The number of para-hydroxylation sites is 1. The second-order valence-corrected chi connectivity index (χ2v) is 5.98. The summed E-state index contributed by atoms with van der Waals surface area (Å²) < 4.78 is 5.31. The first kappa shape index (κ1) is 17.1. The summed E-state index contributed by atoms with van der Waals surface area (Å²) in [6.07, 6.45) is 3.14. The molecular weight excluding hydrogens is 300 g/mol. The zero-order valence-corrected chi connectivity index (χ0v) is 14.2. The van der Waals surface area contributed by atoms with Crippen LogP contribution >= 0.6 is 12.4 Å². The smallest absolute Gasteiger partial charge is 0.414 e. The minimum absolute atomic E-state index is 0. The van der Waals surface area contributed by atoms with Crippen LogP contribution in [0.4, 0.5) is 10.5 Å². The summed E-state index contributed by atoms with van der Waals surface area (Å²) in [4.78, 5) is 16.5. The van der Waals surface area contributed by atoms with E-state index in [9.17, 15) is 4.79 Å². The van der Waals surface area contributed by atoms with E-state index < -0.39 is 0 Å². The molecule has 0 fully saturated rings. The van der Waals surface area contributed by atoms with Gasteiger partial charge in [0.05, 0.1) is 5.69 Å². The van der Waals surface area contributed by atoms with E-state index >= 15 is 0 Å². The fourth-order valence-corrected chi connectivity index (χ4v) is 3.57. The molecule has 1 atom stereocenters. The molecule has 2 aliphatic rings. The van der Waals surface area contributed by atoms with Gasteiger partial charge >= 0.3 is 6.09 Å². The monoisotopic (exact) mass is 324 g/mol. The van der Waals surface area contributed by atoms with Crippen LogP contribution in [0.15, 0.2) is 18.2 Å². The first-order valence-corrected chi connectivity index (χ1v) is 8.03. The van der Waals surface area contributed by atoms with Gasteiger partial charge in [0.1, 0.15) is 6.61 Å². The molecule has 0 radical (unpaired) electrons. The molecule has 0 aliphatic carbocycles. The molecule has 1 amide bonds. The number of carbonyl (C=O) groups is 1. The number of hydrogen-bond acceptors (Lipinski definition) is 3. The zero-order valence-electron chi connectivity index (χ0n) is 13.4. The van der Waals surface area contributed by atoms with Gasteiger partial charge in [-0.15, -0.1) is 12.4 Å². The third-order valence-electron chi connectivity index (χ3n) is 4.43. The van der Waals surface area contributed by atoms with Crippen molar-refractivity contribution in [2.75, 3.05) is 24.5 Å². The third kappa shape index (κ3) is 3.08. The highest BCUT2D eigenvalue weighted by atomic mass is 35.5. The number of nitrogens with zero attached hydrogens (tertiary/aromatic N) is 2. The molecule has 5 heteroatoms. The van der Waals surface area contributed by atoms with E-state index in [1.807, 2.05) is 4.90 Å². The Morgan fingerprint density at radius 1 is 1.23 bits per heavy atom. The maximum atomic E-state index is 12.1. The summed E-state index contributed by atoms with van der Waals surface area (Å²) >= 11 is 0. The largest absolute Gasteiger partial charge is 0.444 e. The first-order valence-electron chi connectivity index (χ1n) is 8.03. The van der Waals surface area contributed by atoms with Crippen LogP contribution in [0.1, 0.15) is 37.8 Å². The van der Waals surface area contributed by atoms with Gasteiger partial charge in [-0.1, -0.05) is 32.0 Å². The van der Waals surface area contributed by atoms with Crippen LogP contribution < -0.4 is 4.90 Å². The molecule has 0 saturated heterocycles. The van der Waals surface area contributed by atoms with E-state index in [0.29, 0.717) is 12.6 Å². The van der Waals surface area contributed by atoms with Crippen molar-refractivity contribution in [3.8, 4) is 0 Å². The average Bonchev–Trinajstić information content (AvgIpc) is 2.50. The lowest BCUT2D eigenvalue weighted by molar-refractivity contribution is 0.132. The van der Waals surface area contributed by atoms with Gasteiger partial charge < -0.3 is 4.74 Å². The van der Waals surface area contributed by atoms with Crippen LogP contribution in [-0.4, -0.2) is 36.7 Å². The van der Waals surface area contributed by atoms with E-state index in [0.717, 1.165) is 50.1 Å². The number of rotatable bonds is 5. The summed E-state index contributed by atoms with van der Waals surface area (Å²) in [5.41, 5.74) is 3.54. The Labute approximate surface area is 138 Å². The van der Waals surface area contributed by atoms with Crippen molar-refractivity contribution in [2.24, 2.45) is 0 Å². The van der Waals surface area contributed by atoms with E-state index in [2.05, 4.69) is 36.9 Å². The van der Waals surface area contributed by atoms with Crippen molar-refractivity contribution >= 4 is 24.2 Å². The number of amides is 1. The summed E-state index contributed by atoms with van der Waals surface area (Å²) in [6.45, 7) is 7.78. The SMILES string of the molecule is CCCN(CCC)C1Cc2cccc3c2N(C1)C(=O)OC3.Cl. The Balaban J connectivity index is 0.00000176. The van der Waals surface area contributed by atoms with Gasteiger partial charge in [-0.2, -0.15) is 0 Å². The minimum atomic E-state index is -0.187. The molecule has 0 N–H and O–H groups in total. The Morgan fingerprint density at radius 3 is 2.59 bits per heavy atom. The highest BCUT2D eigenvalue weighted by Crippen LogP contribution is 2.36. The number of halogens is 1. The number of ether oxygens (including phenoxy) is 1. The Morgan fingerprint density at radius 2 is 1.91 bits per heavy atom. The molecule has 3 rings (SSSR count). The summed E-state index contributed by atoms with van der Waals surface area (Å²) in [7, 11) is 0. The number of carbonyl (C=O) groups excluding carboxylic acids is 1. The number of hydrogen-bond donors (Lipinski definition) is 0. The second-order valence-electron chi connectivity index (χ2n) is 5.98. The lowest BCUT2D eigenvalue weighted by Gasteiger charge is -2.42. The highest BCUT2D eigenvalue weighted by molar-refractivity contribution is 5.92. The summed E-state index contributed by atoms with van der Waals surface area (Å²) in [5.74, 6) is 0. The van der Waals surface area contributed by atoms with Crippen molar-refractivity contribution in [2.45, 2.75) is 45.8 Å². The van der Waals surface area contributed by atoms with E-state index in [-0.39, 0.29) is 18.5 Å². The Kier molecular flexibility index (Phi) is 5.70. The Bertz CT molecular complexity index is 529. The van der Waals surface area contributed by atoms with Crippen molar-refractivity contribution in [1.29, 1.82) is 0 Å². The lowest BCUT2D eigenvalue weighted by atomic mass is 9.93. The average molecular weight is 325 g/mol. The van der Waals surface area contributed by atoms with Gasteiger partial charge in [0.25, 0.3) is 0 Å². The van der Waals surface area contributed by atoms with Crippen LogP contribution in [0, 0.1) is 0 Å². The molecule has 2 aliphatic heterocycles. The molecule has 1 aromatic rings. The summed E-state index contributed by atoms with van der Waals surface area (Å²) in [5, 5.41) is 0. The van der Waals surface area contributed by atoms with Crippen LogP contribution in [0.25, 0.3) is 0 Å². The first-order chi connectivity index (χ1) is 10.2. The molecule has 0 bridgehead atoms. The molecule has 1 aromatic carbocycles. The van der Waals surface area contributed by atoms with Gasteiger partial charge in [0.2, 0.25) is 0 Å². The summed E-state index contributed by atoms with van der Waals surface area (Å²) in [6, 6.07) is 6.71. The fraction of sp³-hybridized carbons (Fsp3) is 0.588. The van der Waals surface area contributed by atoms with E-state index in [4.69, 9.17) is 4.74 Å². The van der Waals surface area contributed by atoms with E-state index in [1.54, 1.807) is 0 Å². The minimum Gasteiger partial charge on any atom is -0.444 e. The normalized spacial score (nSPS) is 19.5. The number of cyclic esters (lactones) is 1. The standard InChI is InChI=1S/C17H24N2O2.ClH/c1-3-8-18(9-4-2)15-10-13-6-5-7-14-12-21-17(20)19(11-15)16(13)14;/h5-7,15H,3-4,8-12H2,1-2H3;1H. The number of anilines is 1. The van der Waals surface area contributed by atoms with Gasteiger partial charge in [0, 0.05) is 18.2 Å². The molecule has 2 heterocycles. The molecule has 0 spiro atoms. The third-order valence-corrected chi connectivity index (χ3v) is 4.43. The van der Waals surface area contributed by atoms with Crippen LogP contribution in [0.5, 0.6) is 0 Å². The van der Waals surface area contributed by atoms with Gasteiger partial charge in [-0.25, -0.2) is 4.79 Å². The molecular formula is C17H25ClN2O2. The van der Waals surface area contributed by atoms with Crippen LogP contribution in [0.2, 0.25) is 0 Å². The molecule has 4 nitrogen and oxygen atoms in total. The molecule has 122 valence electrons. The van der Waals surface area contributed by atoms with E-state index in [1.165, 1.54) is 5.56 Å². The second kappa shape index (κ2) is 7.34. The molecule has 0 aromatic heterocycles. The van der Waals surface area contributed by atoms with Gasteiger partial charge in [-0.3, -0.25) is 9.80 Å². The van der Waals surface area contributed by atoms with Crippen LogP contribution in [0.3, 0.4) is 0 Å². The van der Waals surface area contributed by atoms with Crippen molar-refractivity contribution < 1.29 is 9.53 Å². The maximum Gasteiger partial charge on any atom is 0.414 e. The van der Waals surface area contributed by atoms with Crippen LogP contribution in [-0.2, 0) is 17.8 Å². The number of benzene rings is 1. The fourth-order valence-electron chi connectivity index (χ4n) is 3.57. The lowest BCUT2D eigenvalue weighted by Crippen LogP contribution is -2.52. The molecule has 22 heavy (non-hydrogen) atoms. The highest BCUT2D eigenvalue weighted by Gasteiger charge is 2.36. The molecule has 1 unspecified atom stereocenters. The van der Waals surface area contributed by atoms with Gasteiger partial charge in [-0.05, 0) is 37.9 Å². The zero-order chi connectivity index (χ0) is 14.8. The predicted octanol–water partition coefficient (Wildman–Crippen LogP) is 3.61. The van der Waals surface area contributed by atoms with Crippen molar-refractivity contribution in [3.63, 3.8) is 0 Å². The Hall–Kier alpha value is -1.26. The van der Waals surface area contributed by atoms with Gasteiger partial charge in [0.15, 0.2) is 0 Å². The van der Waals surface area contributed by atoms with Crippen molar-refractivity contribution in [3.05, 3.63) is 29.3 Å². The maximum absolute atomic E-state index is 12.1. The van der Waals surface area contributed by atoms with Crippen molar-refractivity contribution in [1.82, 2.24) is 4.90 Å². The predicted molar refractivity (Wildman–Crippen MR) is 90.9 cm³/mol. The quantitative estimate of drug-likeness (QED) is 0.829. The molecule has 0 saturated carbocycles.